The van der Waals surface area contributed by atoms with E-state index in [2.05, 4.69) is 12.6 Å². The van der Waals surface area contributed by atoms with Gasteiger partial charge >= 0.3 is 0 Å². The number of halogens is 2. The monoisotopic (exact) mass is 379 g/mol. The predicted octanol–water partition coefficient (Wildman–Crippen LogP) is 5.50. The number of amides is 1. The molecule has 1 amide bonds. The maximum Gasteiger partial charge on any atom is 0.283 e. The first-order valence-corrected chi connectivity index (χ1v) is 9.08. The molecule has 140 valence electrons. The van der Waals surface area contributed by atoms with Crippen LogP contribution in [0.15, 0.2) is 48.5 Å². The molecule has 2 aromatic rings. The Morgan fingerprint density at radius 2 is 1.58 bits per heavy atom. The third-order valence-electron chi connectivity index (χ3n) is 4.42. The van der Waals surface area contributed by atoms with Gasteiger partial charge in [0, 0.05) is 11.7 Å². The molecule has 2 unspecified atom stereocenters. The van der Waals surface area contributed by atoms with Crippen molar-refractivity contribution in [3.8, 4) is 0 Å². The molecule has 0 spiro atoms. The summed E-state index contributed by atoms with van der Waals surface area (Å²) in [4.78, 5) is 13.5. The molecule has 6 heteroatoms. The molecule has 0 heterocycles. The fourth-order valence-corrected chi connectivity index (χ4v) is 3.27. The van der Waals surface area contributed by atoms with Crippen molar-refractivity contribution in [3.05, 3.63) is 65.7 Å². The van der Waals surface area contributed by atoms with Crippen LogP contribution in [0.4, 0.5) is 19.3 Å². The summed E-state index contributed by atoms with van der Waals surface area (Å²) in [6.07, 6.45) is 1.86. The van der Waals surface area contributed by atoms with Crippen molar-refractivity contribution in [1.29, 1.82) is 0 Å². The molecule has 2 atom stereocenters. The van der Waals surface area contributed by atoms with E-state index in [0.29, 0.717) is 36.9 Å². The number of benzene rings is 2. The molecule has 0 saturated heterocycles. The number of rotatable bonds is 8. The van der Waals surface area contributed by atoms with Gasteiger partial charge in [0.1, 0.15) is 11.6 Å². The van der Waals surface area contributed by atoms with E-state index in [1.54, 1.807) is 29.2 Å². The smallest absolute Gasteiger partial charge is 0.283 e. The van der Waals surface area contributed by atoms with E-state index < -0.39 is 11.3 Å². The molecule has 1 N–H and O–H groups in total. The fraction of sp³-hybridized carbons (Fsp3) is 0.350. The van der Waals surface area contributed by atoms with Crippen molar-refractivity contribution in [3.63, 3.8) is 0 Å². The van der Waals surface area contributed by atoms with Crippen LogP contribution in [0, 0.1) is 11.6 Å². The highest BCUT2D eigenvalue weighted by Crippen LogP contribution is 2.26. The lowest BCUT2D eigenvalue weighted by molar-refractivity contribution is 0.162. The first kappa shape index (κ1) is 20.4. The largest absolute Gasteiger partial charge is 0.388 e. The van der Waals surface area contributed by atoms with Gasteiger partial charge < -0.3 is 10.0 Å². The van der Waals surface area contributed by atoms with Gasteiger partial charge in [-0.15, -0.1) is 0 Å². The van der Waals surface area contributed by atoms with Crippen LogP contribution < -0.4 is 4.90 Å². The molecule has 0 aliphatic rings. The topological polar surface area (TPSA) is 40.5 Å². The molecule has 0 aliphatic carbocycles. The second-order valence-corrected chi connectivity index (χ2v) is 6.57. The maximum absolute atomic E-state index is 13.1. The molecule has 0 aromatic heterocycles. The van der Waals surface area contributed by atoms with Gasteiger partial charge in [-0.2, -0.15) is 0 Å². The summed E-state index contributed by atoms with van der Waals surface area (Å²) in [6, 6.07) is 11.4. The number of carbonyl (C=O) groups is 1. The van der Waals surface area contributed by atoms with Gasteiger partial charge in [0.15, 0.2) is 0 Å². The summed E-state index contributed by atoms with van der Waals surface area (Å²) in [5, 5.41) is 9.83. The average Bonchev–Trinajstić information content (AvgIpc) is 2.62. The second-order valence-electron chi connectivity index (χ2n) is 6.19. The van der Waals surface area contributed by atoms with E-state index in [1.165, 1.54) is 24.3 Å². The number of anilines is 1. The number of nitrogens with zero attached hydrogens (tertiary/aromatic N) is 1. The minimum Gasteiger partial charge on any atom is -0.388 e. The van der Waals surface area contributed by atoms with E-state index in [1.807, 2.05) is 6.92 Å². The number of aliphatic hydroxyl groups is 1. The van der Waals surface area contributed by atoms with Crippen LogP contribution in [0.5, 0.6) is 0 Å². The van der Waals surface area contributed by atoms with E-state index in [9.17, 15) is 18.7 Å². The molecular weight excluding hydrogens is 356 g/mol. The Labute approximate surface area is 158 Å². The molecule has 0 aliphatic heterocycles. The lowest BCUT2D eigenvalue weighted by atomic mass is 9.99. The SMILES string of the molecule is CCC(CCCC(O)c1ccc(F)cc1)N(C(=O)S)c1ccc(F)cc1. The van der Waals surface area contributed by atoms with Gasteiger partial charge in [-0.3, -0.25) is 4.79 Å². The molecule has 2 aromatic carbocycles. The van der Waals surface area contributed by atoms with Crippen LogP contribution in [-0.4, -0.2) is 16.4 Å². The normalized spacial score (nSPS) is 13.3. The fourth-order valence-electron chi connectivity index (χ4n) is 2.99. The summed E-state index contributed by atoms with van der Waals surface area (Å²) in [7, 11) is 0. The Morgan fingerprint density at radius 1 is 1.04 bits per heavy atom. The van der Waals surface area contributed by atoms with Crippen molar-refractivity contribution >= 4 is 23.6 Å². The van der Waals surface area contributed by atoms with Crippen LogP contribution in [0.2, 0.25) is 0 Å². The Morgan fingerprint density at radius 3 is 2.08 bits per heavy atom. The number of hydrogen-bond donors (Lipinski definition) is 2. The highest BCUT2D eigenvalue weighted by atomic mass is 32.1. The van der Waals surface area contributed by atoms with Crippen molar-refractivity contribution < 1.29 is 18.7 Å². The summed E-state index contributed by atoms with van der Waals surface area (Å²) in [5.41, 5.74) is 1.26. The van der Waals surface area contributed by atoms with Crippen LogP contribution >= 0.6 is 12.6 Å². The molecule has 0 bridgehead atoms. The summed E-state index contributed by atoms with van der Waals surface area (Å²) in [6.45, 7) is 1.97. The minimum atomic E-state index is -0.681. The minimum absolute atomic E-state index is 0.106. The number of thiol groups is 1. The van der Waals surface area contributed by atoms with Crippen molar-refractivity contribution in [1.82, 2.24) is 0 Å². The highest BCUT2D eigenvalue weighted by Gasteiger charge is 2.22. The Balaban J connectivity index is 1.99. The zero-order valence-corrected chi connectivity index (χ0v) is 15.5. The van der Waals surface area contributed by atoms with Crippen LogP contribution in [0.25, 0.3) is 0 Å². The van der Waals surface area contributed by atoms with Crippen molar-refractivity contribution in [2.45, 2.75) is 44.8 Å². The molecule has 0 saturated carbocycles. The predicted molar refractivity (Wildman–Crippen MR) is 103 cm³/mol. The van der Waals surface area contributed by atoms with E-state index >= 15 is 0 Å². The first-order valence-electron chi connectivity index (χ1n) is 8.63. The molecule has 2 rings (SSSR count). The number of carbonyl (C=O) groups excluding carboxylic acids is 1. The number of hydrogen-bond acceptors (Lipinski definition) is 2. The van der Waals surface area contributed by atoms with Gasteiger partial charge in [-0.1, -0.05) is 31.7 Å². The number of aliphatic hydroxyl groups excluding tert-OH is 1. The van der Waals surface area contributed by atoms with Crippen LogP contribution in [0.1, 0.15) is 44.3 Å². The van der Waals surface area contributed by atoms with Gasteiger partial charge in [0.25, 0.3) is 5.24 Å². The summed E-state index contributed by atoms with van der Waals surface area (Å²) in [5.74, 6) is -0.704. The second kappa shape index (κ2) is 9.69. The summed E-state index contributed by atoms with van der Waals surface area (Å²) < 4.78 is 26.1. The lowest BCUT2D eigenvalue weighted by Gasteiger charge is -2.30. The quantitative estimate of drug-likeness (QED) is 0.594. The molecule has 0 radical (unpaired) electrons. The Bertz CT molecular complexity index is 707. The Kier molecular flexibility index (Phi) is 7.60. The van der Waals surface area contributed by atoms with E-state index in [-0.39, 0.29) is 17.7 Å². The zero-order valence-electron chi connectivity index (χ0n) is 14.6. The van der Waals surface area contributed by atoms with E-state index in [4.69, 9.17) is 0 Å². The molecule has 26 heavy (non-hydrogen) atoms. The third-order valence-corrected chi connectivity index (χ3v) is 4.63. The summed E-state index contributed by atoms with van der Waals surface area (Å²) >= 11 is 3.96. The van der Waals surface area contributed by atoms with Crippen molar-refractivity contribution in [2.24, 2.45) is 0 Å². The molecule has 3 nitrogen and oxygen atoms in total. The zero-order chi connectivity index (χ0) is 19.1. The molecule has 0 fully saturated rings. The highest BCUT2D eigenvalue weighted by molar-refractivity contribution is 7.96. The first-order chi connectivity index (χ1) is 12.4. The van der Waals surface area contributed by atoms with Gasteiger partial charge in [0.2, 0.25) is 0 Å². The van der Waals surface area contributed by atoms with Gasteiger partial charge in [-0.25, -0.2) is 8.78 Å². The third kappa shape index (κ3) is 5.54. The van der Waals surface area contributed by atoms with E-state index in [0.717, 1.165) is 0 Å². The van der Waals surface area contributed by atoms with Gasteiger partial charge in [-0.05, 0) is 67.6 Å². The standard InChI is InChI=1S/C20H23F2NO2S/c1-2-17(23(20(25)26)18-12-10-16(22)11-13-18)4-3-5-19(24)14-6-8-15(21)9-7-14/h6-13,17,19,24H,2-5H2,1H3,(H,25,26). The Hall–Kier alpha value is -1.92. The van der Waals surface area contributed by atoms with Crippen LogP contribution in [-0.2, 0) is 0 Å². The van der Waals surface area contributed by atoms with Gasteiger partial charge in [0.05, 0.1) is 6.10 Å². The molecular formula is C20H23F2NO2S. The lowest BCUT2D eigenvalue weighted by Crippen LogP contribution is -2.37. The average molecular weight is 379 g/mol. The maximum atomic E-state index is 13.1. The van der Waals surface area contributed by atoms with Crippen LogP contribution in [0.3, 0.4) is 0 Å². The van der Waals surface area contributed by atoms with Crippen molar-refractivity contribution in [2.75, 3.05) is 4.90 Å².